The maximum atomic E-state index is 13.1. The molecule has 1 aromatic carbocycles. The van der Waals surface area contributed by atoms with Gasteiger partial charge in [-0.2, -0.15) is 0 Å². The van der Waals surface area contributed by atoms with Crippen LogP contribution < -0.4 is 0 Å². The molecular formula is C19H28N2O2. The van der Waals surface area contributed by atoms with Gasteiger partial charge in [0.05, 0.1) is 18.6 Å². The number of hydrogen-bond donors (Lipinski definition) is 0. The van der Waals surface area contributed by atoms with E-state index in [9.17, 15) is 4.79 Å². The third-order valence-electron chi connectivity index (χ3n) is 5.28. The second kappa shape index (κ2) is 7.02. The summed E-state index contributed by atoms with van der Waals surface area (Å²) >= 11 is 0. The minimum atomic E-state index is -0.464. The van der Waals surface area contributed by atoms with Crippen molar-refractivity contribution in [3.8, 4) is 0 Å². The maximum Gasteiger partial charge on any atom is 0.232 e. The number of benzene rings is 1. The lowest BCUT2D eigenvalue weighted by molar-refractivity contribution is -0.139. The standard InChI is InChI=1S/C19H28N2O2/c1-19(2,16-7-4-3-5-8-16)18(22)21-10-6-9-17(15-21)20-11-13-23-14-12-20/h3-5,7-8,17H,6,9-15H2,1-2H3/t17-/m0/s1. The minimum Gasteiger partial charge on any atom is -0.379 e. The fourth-order valence-corrected chi connectivity index (χ4v) is 3.75. The Kier molecular flexibility index (Phi) is 5.02. The lowest BCUT2D eigenvalue weighted by Crippen LogP contribution is -2.55. The zero-order chi connectivity index (χ0) is 16.3. The molecule has 2 heterocycles. The summed E-state index contributed by atoms with van der Waals surface area (Å²) in [5.74, 6) is 0.252. The topological polar surface area (TPSA) is 32.8 Å². The molecule has 4 heteroatoms. The van der Waals surface area contributed by atoms with Crippen LogP contribution in [0.15, 0.2) is 30.3 Å². The number of hydrogen-bond acceptors (Lipinski definition) is 3. The van der Waals surface area contributed by atoms with Gasteiger partial charge in [-0.3, -0.25) is 9.69 Å². The van der Waals surface area contributed by atoms with E-state index < -0.39 is 5.41 Å². The molecule has 0 radical (unpaired) electrons. The smallest absolute Gasteiger partial charge is 0.232 e. The number of likely N-dealkylation sites (tertiary alicyclic amines) is 1. The van der Waals surface area contributed by atoms with Crippen molar-refractivity contribution in [2.24, 2.45) is 0 Å². The summed E-state index contributed by atoms with van der Waals surface area (Å²) in [5, 5.41) is 0. The van der Waals surface area contributed by atoms with Gasteiger partial charge >= 0.3 is 0 Å². The highest BCUT2D eigenvalue weighted by Crippen LogP contribution is 2.28. The molecule has 0 N–H and O–H groups in total. The highest BCUT2D eigenvalue weighted by Gasteiger charge is 2.37. The van der Waals surface area contributed by atoms with Crippen LogP contribution in [0.1, 0.15) is 32.3 Å². The van der Waals surface area contributed by atoms with Crippen LogP contribution in [-0.2, 0) is 14.9 Å². The molecule has 0 unspecified atom stereocenters. The van der Waals surface area contributed by atoms with E-state index in [1.54, 1.807) is 0 Å². The summed E-state index contributed by atoms with van der Waals surface area (Å²) < 4.78 is 5.45. The van der Waals surface area contributed by atoms with Crippen LogP contribution in [0, 0.1) is 0 Å². The molecule has 0 bridgehead atoms. The third kappa shape index (κ3) is 3.59. The molecule has 23 heavy (non-hydrogen) atoms. The van der Waals surface area contributed by atoms with Crippen LogP contribution in [0.2, 0.25) is 0 Å². The van der Waals surface area contributed by atoms with Gasteiger partial charge in [0.25, 0.3) is 0 Å². The molecule has 1 atom stereocenters. The Morgan fingerprint density at radius 2 is 1.83 bits per heavy atom. The Morgan fingerprint density at radius 1 is 1.13 bits per heavy atom. The number of carbonyl (C=O) groups excluding carboxylic acids is 1. The molecule has 4 nitrogen and oxygen atoms in total. The molecule has 0 spiro atoms. The van der Waals surface area contributed by atoms with Crippen LogP contribution >= 0.6 is 0 Å². The van der Waals surface area contributed by atoms with Gasteiger partial charge in [-0.1, -0.05) is 30.3 Å². The highest BCUT2D eigenvalue weighted by molar-refractivity contribution is 5.87. The van der Waals surface area contributed by atoms with Gasteiger partial charge in [0.2, 0.25) is 5.91 Å². The molecule has 2 aliphatic heterocycles. The van der Waals surface area contributed by atoms with Crippen molar-refractivity contribution in [2.45, 2.75) is 38.1 Å². The summed E-state index contributed by atoms with van der Waals surface area (Å²) in [6.07, 6.45) is 2.29. The second-order valence-corrected chi connectivity index (χ2v) is 7.19. The van der Waals surface area contributed by atoms with Crippen molar-refractivity contribution >= 4 is 5.91 Å². The van der Waals surface area contributed by atoms with Crippen molar-refractivity contribution in [1.29, 1.82) is 0 Å². The fraction of sp³-hybridized carbons (Fsp3) is 0.632. The Balaban J connectivity index is 1.69. The molecule has 0 aliphatic carbocycles. The van der Waals surface area contributed by atoms with Crippen LogP contribution in [0.25, 0.3) is 0 Å². The number of carbonyl (C=O) groups is 1. The highest BCUT2D eigenvalue weighted by atomic mass is 16.5. The van der Waals surface area contributed by atoms with E-state index in [1.165, 1.54) is 6.42 Å². The Hall–Kier alpha value is -1.39. The average molecular weight is 316 g/mol. The van der Waals surface area contributed by atoms with Crippen molar-refractivity contribution in [3.63, 3.8) is 0 Å². The van der Waals surface area contributed by atoms with E-state index in [1.807, 2.05) is 32.0 Å². The SMILES string of the molecule is CC(C)(C(=O)N1CCC[C@H](N2CCOCC2)C1)c1ccccc1. The third-order valence-corrected chi connectivity index (χ3v) is 5.28. The number of ether oxygens (including phenoxy) is 1. The van der Waals surface area contributed by atoms with Crippen LogP contribution in [0.5, 0.6) is 0 Å². The lowest BCUT2D eigenvalue weighted by Gasteiger charge is -2.43. The van der Waals surface area contributed by atoms with Crippen molar-refractivity contribution < 1.29 is 9.53 Å². The Morgan fingerprint density at radius 3 is 2.52 bits per heavy atom. The first-order valence-electron chi connectivity index (χ1n) is 8.76. The number of piperidine rings is 1. The summed E-state index contributed by atoms with van der Waals surface area (Å²) in [6.45, 7) is 9.46. The predicted octanol–water partition coefficient (Wildman–Crippen LogP) is 2.29. The first-order chi connectivity index (χ1) is 11.1. The predicted molar refractivity (Wildman–Crippen MR) is 91.5 cm³/mol. The minimum absolute atomic E-state index is 0.252. The summed E-state index contributed by atoms with van der Waals surface area (Å²) in [5.41, 5.74) is 0.632. The molecule has 1 aromatic rings. The van der Waals surface area contributed by atoms with Gasteiger partial charge in [0, 0.05) is 32.2 Å². The van der Waals surface area contributed by atoms with Crippen LogP contribution in [-0.4, -0.2) is 61.1 Å². The Bertz CT molecular complexity index is 523. The molecule has 2 saturated heterocycles. The fourth-order valence-electron chi connectivity index (χ4n) is 3.75. The van der Waals surface area contributed by atoms with E-state index in [4.69, 9.17) is 4.74 Å². The van der Waals surface area contributed by atoms with E-state index in [2.05, 4.69) is 21.9 Å². The zero-order valence-corrected chi connectivity index (χ0v) is 14.3. The van der Waals surface area contributed by atoms with Crippen molar-refractivity contribution in [1.82, 2.24) is 9.80 Å². The maximum absolute atomic E-state index is 13.1. The first-order valence-corrected chi connectivity index (χ1v) is 8.76. The monoisotopic (exact) mass is 316 g/mol. The van der Waals surface area contributed by atoms with Crippen molar-refractivity contribution in [2.75, 3.05) is 39.4 Å². The van der Waals surface area contributed by atoms with Crippen molar-refractivity contribution in [3.05, 3.63) is 35.9 Å². The number of nitrogens with zero attached hydrogens (tertiary/aromatic N) is 2. The molecule has 3 rings (SSSR count). The van der Waals surface area contributed by atoms with Gasteiger partial charge < -0.3 is 9.64 Å². The average Bonchev–Trinajstić information content (AvgIpc) is 2.62. The molecule has 2 aliphatic rings. The van der Waals surface area contributed by atoms with Gasteiger partial charge in [-0.05, 0) is 32.3 Å². The van der Waals surface area contributed by atoms with E-state index in [0.717, 1.165) is 51.4 Å². The molecule has 0 aromatic heterocycles. The quantitative estimate of drug-likeness (QED) is 0.858. The largest absolute Gasteiger partial charge is 0.379 e. The molecule has 1 amide bonds. The molecular weight excluding hydrogens is 288 g/mol. The van der Waals surface area contributed by atoms with Gasteiger partial charge in [-0.25, -0.2) is 0 Å². The summed E-state index contributed by atoms with van der Waals surface area (Å²) in [4.78, 5) is 17.7. The van der Waals surface area contributed by atoms with E-state index >= 15 is 0 Å². The normalized spacial score (nSPS) is 23.7. The second-order valence-electron chi connectivity index (χ2n) is 7.19. The molecule has 126 valence electrons. The van der Waals surface area contributed by atoms with Crippen LogP contribution in [0.4, 0.5) is 0 Å². The summed E-state index contributed by atoms with van der Waals surface area (Å²) in [7, 11) is 0. The molecule has 0 saturated carbocycles. The van der Waals surface area contributed by atoms with Gasteiger partial charge in [-0.15, -0.1) is 0 Å². The Labute approximate surface area is 139 Å². The number of amides is 1. The summed E-state index contributed by atoms with van der Waals surface area (Å²) in [6, 6.07) is 10.6. The first kappa shape index (κ1) is 16.5. The van der Waals surface area contributed by atoms with E-state index in [-0.39, 0.29) is 5.91 Å². The molecule has 2 fully saturated rings. The number of morpholine rings is 1. The van der Waals surface area contributed by atoms with Gasteiger partial charge in [0.15, 0.2) is 0 Å². The lowest BCUT2D eigenvalue weighted by atomic mass is 9.82. The zero-order valence-electron chi connectivity index (χ0n) is 14.3. The van der Waals surface area contributed by atoms with Crippen LogP contribution in [0.3, 0.4) is 0 Å². The van der Waals surface area contributed by atoms with E-state index in [0.29, 0.717) is 6.04 Å². The number of rotatable bonds is 3. The van der Waals surface area contributed by atoms with Gasteiger partial charge in [0.1, 0.15) is 0 Å².